The molecular formula is C23H29N3O3S. The molecule has 0 atom stereocenters. The lowest BCUT2D eigenvalue weighted by Crippen LogP contribution is -2.26. The average Bonchev–Trinajstić information content (AvgIpc) is 3.38. The Hall–Kier alpha value is -2.22. The van der Waals surface area contributed by atoms with Gasteiger partial charge in [-0.15, -0.1) is 0 Å². The minimum absolute atomic E-state index is 0.0978. The molecule has 0 aromatic heterocycles. The van der Waals surface area contributed by atoms with E-state index in [0.29, 0.717) is 13.0 Å². The standard InChI is InChI=1S/C23H29N3O3S/c1-18-14-21(9-10-22(18)26-13-5-8-23(26)27)30(28,29)24-16-19-6-4-7-20(15-19)17-25-11-2-3-12-25/h4,6-7,9-10,14-15,24H,2-3,5,8,11-13,16-17H2,1H3. The van der Waals surface area contributed by atoms with Gasteiger partial charge in [0.05, 0.1) is 4.90 Å². The summed E-state index contributed by atoms with van der Waals surface area (Å²) in [6, 6.07) is 13.1. The van der Waals surface area contributed by atoms with Crippen LogP contribution in [0.25, 0.3) is 0 Å². The van der Waals surface area contributed by atoms with Crippen molar-refractivity contribution in [1.82, 2.24) is 9.62 Å². The molecule has 0 bridgehead atoms. The molecule has 2 aliphatic heterocycles. The molecule has 0 radical (unpaired) electrons. The van der Waals surface area contributed by atoms with Gasteiger partial charge in [0.25, 0.3) is 0 Å². The van der Waals surface area contributed by atoms with E-state index in [1.54, 1.807) is 23.1 Å². The lowest BCUT2D eigenvalue weighted by molar-refractivity contribution is -0.117. The second-order valence-electron chi connectivity index (χ2n) is 8.22. The fraction of sp³-hybridized carbons (Fsp3) is 0.435. The Morgan fingerprint density at radius 2 is 1.73 bits per heavy atom. The highest BCUT2D eigenvalue weighted by atomic mass is 32.2. The van der Waals surface area contributed by atoms with Crippen LogP contribution < -0.4 is 9.62 Å². The first-order chi connectivity index (χ1) is 14.4. The van der Waals surface area contributed by atoms with Crippen LogP contribution in [0.1, 0.15) is 42.4 Å². The Labute approximate surface area is 178 Å². The van der Waals surface area contributed by atoms with Crippen LogP contribution in [0.15, 0.2) is 47.4 Å². The van der Waals surface area contributed by atoms with Crippen molar-refractivity contribution < 1.29 is 13.2 Å². The minimum Gasteiger partial charge on any atom is -0.312 e. The van der Waals surface area contributed by atoms with E-state index < -0.39 is 10.0 Å². The van der Waals surface area contributed by atoms with Crippen LogP contribution in [0.2, 0.25) is 0 Å². The summed E-state index contributed by atoms with van der Waals surface area (Å²) in [5.41, 5.74) is 3.75. The largest absolute Gasteiger partial charge is 0.312 e. The SMILES string of the molecule is Cc1cc(S(=O)(=O)NCc2cccc(CN3CCCC3)c2)ccc1N1CCCC1=O. The molecule has 7 heteroatoms. The Kier molecular flexibility index (Phi) is 6.22. The van der Waals surface area contributed by atoms with E-state index in [9.17, 15) is 13.2 Å². The Bertz CT molecular complexity index is 1030. The molecule has 2 aliphatic rings. The fourth-order valence-electron chi connectivity index (χ4n) is 4.30. The third kappa shape index (κ3) is 4.74. The van der Waals surface area contributed by atoms with E-state index in [4.69, 9.17) is 0 Å². The van der Waals surface area contributed by atoms with Gasteiger partial charge in [-0.1, -0.05) is 24.3 Å². The van der Waals surface area contributed by atoms with E-state index in [2.05, 4.69) is 21.8 Å². The molecule has 0 aliphatic carbocycles. The molecule has 2 fully saturated rings. The second kappa shape index (κ2) is 8.88. The number of anilines is 1. The topological polar surface area (TPSA) is 69.7 Å². The zero-order valence-corrected chi connectivity index (χ0v) is 18.2. The molecule has 0 saturated carbocycles. The highest BCUT2D eigenvalue weighted by Gasteiger charge is 2.24. The van der Waals surface area contributed by atoms with E-state index in [1.807, 2.05) is 19.1 Å². The maximum absolute atomic E-state index is 12.8. The van der Waals surface area contributed by atoms with Crippen molar-refractivity contribution in [2.24, 2.45) is 0 Å². The normalized spacial score (nSPS) is 17.8. The highest BCUT2D eigenvalue weighted by molar-refractivity contribution is 7.89. The molecule has 2 heterocycles. The second-order valence-corrected chi connectivity index (χ2v) is 9.99. The Balaban J connectivity index is 1.43. The van der Waals surface area contributed by atoms with Crippen LogP contribution in [0.3, 0.4) is 0 Å². The van der Waals surface area contributed by atoms with Crippen molar-refractivity contribution in [1.29, 1.82) is 0 Å². The van der Waals surface area contributed by atoms with Crippen LogP contribution in [0.4, 0.5) is 5.69 Å². The summed E-state index contributed by atoms with van der Waals surface area (Å²) in [6.45, 7) is 5.97. The van der Waals surface area contributed by atoms with Crippen LogP contribution in [-0.2, 0) is 27.9 Å². The number of hydrogen-bond acceptors (Lipinski definition) is 4. The van der Waals surface area contributed by atoms with E-state index >= 15 is 0 Å². The third-order valence-electron chi connectivity index (χ3n) is 5.91. The molecule has 2 aromatic carbocycles. The predicted octanol–water partition coefficient (Wildman–Crippen LogP) is 3.20. The van der Waals surface area contributed by atoms with Gasteiger partial charge in [-0.3, -0.25) is 9.69 Å². The number of carbonyl (C=O) groups is 1. The van der Waals surface area contributed by atoms with Gasteiger partial charge < -0.3 is 4.90 Å². The van der Waals surface area contributed by atoms with Crippen molar-refractivity contribution in [3.8, 4) is 0 Å². The van der Waals surface area contributed by atoms with Gasteiger partial charge in [0, 0.05) is 31.7 Å². The van der Waals surface area contributed by atoms with Crippen LogP contribution in [0, 0.1) is 6.92 Å². The quantitative estimate of drug-likeness (QED) is 0.737. The van der Waals surface area contributed by atoms with E-state index in [0.717, 1.165) is 42.9 Å². The number of carbonyl (C=O) groups excluding carboxylic acids is 1. The van der Waals surface area contributed by atoms with Crippen LogP contribution >= 0.6 is 0 Å². The van der Waals surface area contributed by atoms with Gasteiger partial charge in [0.1, 0.15) is 0 Å². The predicted molar refractivity (Wildman–Crippen MR) is 118 cm³/mol. The molecular weight excluding hydrogens is 398 g/mol. The van der Waals surface area contributed by atoms with Gasteiger partial charge >= 0.3 is 0 Å². The fourth-order valence-corrected chi connectivity index (χ4v) is 5.40. The summed E-state index contributed by atoms with van der Waals surface area (Å²) in [4.78, 5) is 16.4. The number of benzene rings is 2. The molecule has 1 N–H and O–H groups in total. The summed E-state index contributed by atoms with van der Waals surface area (Å²) >= 11 is 0. The van der Waals surface area contributed by atoms with Crippen molar-refractivity contribution >= 4 is 21.6 Å². The number of nitrogens with zero attached hydrogens (tertiary/aromatic N) is 2. The number of amides is 1. The Morgan fingerprint density at radius 3 is 2.43 bits per heavy atom. The maximum atomic E-state index is 12.8. The first-order valence-electron chi connectivity index (χ1n) is 10.6. The number of rotatable bonds is 7. The summed E-state index contributed by atoms with van der Waals surface area (Å²) in [7, 11) is -3.63. The monoisotopic (exact) mass is 427 g/mol. The molecule has 160 valence electrons. The van der Waals surface area contributed by atoms with Gasteiger partial charge in [0.15, 0.2) is 0 Å². The van der Waals surface area contributed by atoms with Gasteiger partial charge in [-0.05, 0) is 74.2 Å². The molecule has 6 nitrogen and oxygen atoms in total. The molecule has 0 unspecified atom stereocenters. The first-order valence-corrected chi connectivity index (χ1v) is 12.1. The zero-order valence-electron chi connectivity index (χ0n) is 17.4. The zero-order chi connectivity index (χ0) is 21.1. The van der Waals surface area contributed by atoms with Gasteiger partial charge in [-0.25, -0.2) is 13.1 Å². The number of likely N-dealkylation sites (tertiary alicyclic amines) is 1. The average molecular weight is 428 g/mol. The highest BCUT2D eigenvalue weighted by Crippen LogP contribution is 2.27. The first kappa shape index (κ1) is 21.0. The lowest BCUT2D eigenvalue weighted by Gasteiger charge is -2.19. The van der Waals surface area contributed by atoms with E-state index in [1.165, 1.54) is 18.4 Å². The molecule has 2 saturated heterocycles. The van der Waals surface area contributed by atoms with Crippen LogP contribution in [-0.4, -0.2) is 38.9 Å². The number of hydrogen-bond donors (Lipinski definition) is 1. The lowest BCUT2D eigenvalue weighted by atomic mass is 10.1. The molecule has 0 spiro atoms. The third-order valence-corrected chi connectivity index (χ3v) is 7.30. The molecule has 4 rings (SSSR count). The summed E-state index contributed by atoms with van der Waals surface area (Å²) in [5.74, 6) is 0.0978. The van der Waals surface area contributed by atoms with Crippen LogP contribution in [0.5, 0.6) is 0 Å². The van der Waals surface area contributed by atoms with Gasteiger partial charge in [-0.2, -0.15) is 0 Å². The van der Waals surface area contributed by atoms with Crippen molar-refractivity contribution in [2.45, 2.75) is 50.6 Å². The summed E-state index contributed by atoms with van der Waals surface area (Å²) < 4.78 is 28.4. The van der Waals surface area contributed by atoms with Crippen molar-refractivity contribution in [3.63, 3.8) is 0 Å². The number of nitrogens with one attached hydrogen (secondary N) is 1. The smallest absolute Gasteiger partial charge is 0.240 e. The molecule has 2 aromatic rings. The summed E-state index contributed by atoms with van der Waals surface area (Å²) in [6.07, 6.45) is 3.90. The molecule has 1 amide bonds. The molecule has 30 heavy (non-hydrogen) atoms. The number of aryl methyl sites for hydroxylation is 1. The maximum Gasteiger partial charge on any atom is 0.240 e. The van der Waals surface area contributed by atoms with Crippen molar-refractivity contribution in [3.05, 3.63) is 59.2 Å². The van der Waals surface area contributed by atoms with Gasteiger partial charge in [0.2, 0.25) is 15.9 Å². The summed E-state index contributed by atoms with van der Waals surface area (Å²) in [5, 5.41) is 0. The number of sulfonamides is 1. The Morgan fingerprint density at radius 1 is 0.967 bits per heavy atom. The minimum atomic E-state index is -3.63. The van der Waals surface area contributed by atoms with Crippen molar-refractivity contribution in [2.75, 3.05) is 24.5 Å². The van der Waals surface area contributed by atoms with E-state index in [-0.39, 0.29) is 17.3 Å².